The van der Waals surface area contributed by atoms with Crippen LogP contribution in [0.2, 0.25) is 0 Å². The number of nitrogens with one attached hydrogen (secondary N) is 1. The summed E-state index contributed by atoms with van der Waals surface area (Å²) in [6.07, 6.45) is 5.99. The van der Waals surface area contributed by atoms with Crippen LogP contribution in [0.5, 0.6) is 0 Å². The van der Waals surface area contributed by atoms with Gasteiger partial charge in [-0.3, -0.25) is 4.79 Å². The number of hydrogen-bond acceptors (Lipinski definition) is 1. The minimum Gasteiger partial charge on any atom is -0.353 e. The van der Waals surface area contributed by atoms with Gasteiger partial charge in [0, 0.05) is 6.04 Å². The van der Waals surface area contributed by atoms with Gasteiger partial charge >= 0.3 is 0 Å². The van der Waals surface area contributed by atoms with Crippen molar-refractivity contribution in [1.29, 1.82) is 0 Å². The maximum Gasteiger partial charge on any atom is 0.224 e. The topological polar surface area (TPSA) is 29.1 Å². The lowest BCUT2D eigenvalue weighted by atomic mass is 9.84. The monoisotopic (exact) mass is 307 g/mol. The highest BCUT2D eigenvalue weighted by Crippen LogP contribution is 2.49. The Bertz CT molecular complexity index is 723. The van der Waals surface area contributed by atoms with Gasteiger partial charge in [0.1, 0.15) is 0 Å². The fourth-order valence-corrected chi connectivity index (χ4v) is 4.85. The maximum atomic E-state index is 12.4. The fourth-order valence-electron chi connectivity index (χ4n) is 4.85. The lowest BCUT2D eigenvalue weighted by Crippen LogP contribution is -2.40. The van der Waals surface area contributed by atoms with E-state index in [0.717, 1.165) is 17.4 Å². The highest BCUT2D eigenvalue weighted by atomic mass is 16.1. The second kappa shape index (κ2) is 5.99. The van der Waals surface area contributed by atoms with Crippen LogP contribution in [0.25, 0.3) is 10.8 Å². The van der Waals surface area contributed by atoms with E-state index in [1.807, 2.05) is 12.1 Å². The largest absolute Gasteiger partial charge is 0.353 e. The van der Waals surface area contributed by atoms with Gasteiger partial charge in [-0.2, -0.15) is 0 Å². The molecule has 0 heterocycles. The summed E-state index contributed by atoms with van der Waals surface area (Å²) >= 11 is 0. The minimum absolute atomic E-state index is 0.163. The predicted molar refractivity (Wildman–Crippen MR) is 94.2 cm³/mol. The second-order valence-electron chi connectivity index (χ2n) is 7.55. The van der Waals surface area contributed by atoms with Crippen LogP contribution in [0.3, 0.4) is 0 Å². The summed E-state index contributed by atoms with van der Waals surface area (Å²) in [6, 6.07) is 14.9. The Kier molecular flexibility index (Phi) is 3.84. The molecule has 0 aromatic heterocycles. The van der Waals surface area contributed by atoms with E-state index in [-0.39, 0.29) is 5.91 Å². The van der Waals surface area contributed by atoms with Gasteiger partial charge < -0.3 is 5.32 Å². The molecule has 2 aromatic carbocycles. The number of benzene rings is 2. The van der Waals surface area contributed by atoms with Crippen molar-refractivity contribution in [2.24, 2.45) is 17.8 Å². The van der Waals surface area contributed by atoms with E-state index >= 15 is 0 Å². The smallest absolute Gasteiger partial charge is 0.224 e. The molecule has 2 bridgehead atoms. The summed E-state index contributed by atoms with van der Waals surface area (Å²) in [5.41, 5.74) is 1.10. The Labute approximate surface area is 138 Å². The molecule has 120 valence electrons. The molecule has 4 unspecified atom stereocenters. The van der Waals surface area contributed by atoms with E-state index in [1.165, 1.54) is 36.5 Å². The molecule has 4 atom stereocenters. The number of fused-ring (bicyclic) bond motifs is 3. The fraction of sp³-hybridized carbons (Fsp3) is 0.476. The molecule has 2 saturated carbocycles. The van der Waals surface area contributed by atoms with Crippen LogP contribution in [0.15, 0.2) is 42.5 Å². The van der Waals surface area contributed by atoms with Crippen LogP contribution in [0, 0.1) is 17.8 Å². The molecule has 0 saturated heterocycles. The minimum atomic E-state index is 0.163. The molecular formula is C21H25NO. The van der Waals surface area contributed by atoms with E-state index in [9.17, 15) is 4.79 Å². The molecular weight excluding hydrogens is 282 g/mol. The van der Waals surface area contributed by atoms with Crippen LogP contribution in [-0.4, -0.2) is 11.9 Å². The Morgan fingerprint density at radius 2 is 1.96 bits per heavy atom. The first-order valence-electron chi connectivity index (χ1n) is 8.96. The Hall–Kier alpha value is -1.83. The quantitative estimate of drug-likeness (QED) is 0.895. The molecule has 4 rings (SSSR count). The lowest BCUT2D eigenvalue weighted by Gasteiger charge is -2.28. The van der Waals surface area contributed by atoms with Crippen molar-refractivity contribution in [3.8, 4) is 0 Å². The molecule has 1 N–H and O–H groups in total. The van der Waals surface area contributed by atoms with Crippen molar-refractivity contribution in [1.82, 2.24) is 5.32 Å². The first kappa shape index (κ1) is 14.7. The summed E-state index contributed by atoms with van der Waals surface area (Å²) in [5, 5.41) is 5.70. The highest BCUT2D eigenvalue weighted by Gasteiger charge is 2.42. The summed E-state index contributed by atoms with van der Waals surface area (Å²) in [7, 11) is 0. The number of amides is 1. The van der Waals surface area contributed by atoms with Crippen LogP contribution >= 0.6 is 0 Å². The molecule has 2 aliphatic carbocycles. The molecule has 23 heavy (non-hydrogen) atoms. The lowest BCUT2D eigenvalue weighted by molar-refractivity contribution is -0.121. The van der Waals surface area contributed by atoms with Gasteiger partial charge in [-0.05, 0) is 60.3 Å². The Balaban J connectivity index is 1.39. The van der Waals surface area contributed by atoms with E-state index < -0.39 is 0 Å². The number of carbonyl (C=O) groups excluding carboxylic acids is 1. The second-order valence-corrected chi connectivity index (χ2v) is 7.55. The SMILES string of the molecule is CC(NC(=O)Cc1ccc2ccccc2c1)C1CC2CCC1C2. The first-order valence-corrected chi connectivity index (χ1v) is 8.96. The van der Waals surface area contributed by atoms with Crippen LogP contribution < -0.4 is 5.32 Å². The third kappa shape index (κ3) is 2.99. The van der Waals surface area contributed by atoms with Gasteiger partial charge in [0.25, 0.3) is 0 Å². The summed E-state index contributed by atoms with van der Waals surface area (Å²) in [4.78, 5) is 12.4. The van der Waals surface area contributed by atoms with Crippen molar-refractivity contribution in [2.75, 3.05) is 0 Å². The van der Waals surface area contributed by atoms with E-state index in [4.69, 9.17) is 0 Å². The van der Waals surface area contributed by atoms with Crippen LogP contribution in [0.4, 0.5) is 0 Å². The average Bonchev–Trinajstić information content (AvgIpc) is 3.17. The van der Waals surface area contributed by atoms with E-state index in [0.29, 0.717) is 18.4 Å². The van der Waals surface area contributed by atoms with Crippen molar-refractivity contribution >= 4 is 16.7 Å². The average molecular weight is 307 g/mol. The van der Waals surface area contributed by atoms with Gasteiger partial charge in [0.2, 0.25) is 5.91 Å². The highest BCUT2D eigenvalue weighted by molar-refractivity contribution is 5.85. The molecule has 2 aromatic rings. The van der Waals surface area contributed by atoms with Crippen LogP contribution in [0.1, 0.15) is 38.2 Å². The standard InChI is InChI=1S/C21H25NO/c1-14(20-12-15-7-9-19(20)11-15)22-21(23)13-16-6-8-17-4-2-3-5-18(17)10-16/h2-6,8,10,14-15,19-20H,7,9,11-13H2,1H3,(H,22,23). The van der Waals surface area contributed by atoms with Gasteiger partial charge in [0.05, 0.1) is 6.42 Å². The molecule has 2 aliphatic rings. The van der Waals surface area contributed by atoms with Crippen molar-refractivity contribution in [2.45, 2.75) is 45.1 Å². The predicted octanol–water partition coefficient (Wildman–Crippen LogP) is 4.32. The number of carbonyl (C=O) groups is 1. The number of hydrogen-bond donors (Lipinski definition) is 1. The summed E-state index contributed by atoms with van der Waals surface area (Å²) in [6.45, 7) is 2.20. The van der Waals surface area contributed by atoms with Gasteiger partial charge in [0.15, 0.2) is 0 Å². The molecule has 0 aliphatic heterocycles. The zero-order valence-corrected chi connectivity index (χ0v) is 13.8. The van der Waals surface area contributed by atoms with Gasteiger partial charge in [-0.1, -0.05) is 48.9 Å². The molecule has 2 heteroatoms. The van der Waals surface area contributed by atoms with Gasteiger partial charge in [-0.15, -0.1) is 0 Å². The maximum absolute atomic E-state index is 12.4. The normalized spacial score (nSPS) is 27.3. The first-order chi connectivity index (χ1) is 11.2. The molecule has 2 fully saturated rings. The Morgan fingerprint density at radius 3 is 2.70 bits per heavy atom. The zero-order valence-electron chi connectivity index (χ0n) is 13.8. The van der Waals surface area contributed by atoms with Crippen molar-refractivity contribution < 1.29 is 4.79 Å². The van der Waals surface area contributed by atoms with Crippen LogP contribution in [-0.2, 0) is 11.2 Å². The molecule has 0 radical (unpaired) electrons. The number of rotatable bonds is 4. The van der Waals surface area contributed by atoms with E-state index in [2.05, 4.69) is 42.6 Å². The van der Waals surface area contributed by atoms with Gasteiger partial charge in [-0.25, -0.2) is 0 Å². The third-order valence-electron chi connectivity index (χ3n) is 6.00. The van der Waals surface area contributed by atoms with E-state index in [1.54, 1.807) is 0 Å². The zero-order chi connectivity index (χ0) is 15.8. The molecule has 2 nitrogen and oxygen atoms in total. The third-order valence-corrected chi connectivity index (χ3v) is 6.00. The Morgan fingerprint density at radius 1 is 1.13 bits per heavy atom. The van der Waals surface area contributed by atoms with Crippen molar-refractivity contribution in [3.63, 3.8) is 0 Å². The summed E-state index contributed by atoms with van der Waals surface area (Å²) < 4.78 is 0. The molecule has 0 spiro atoms. The summed E-state index contributed by atoms with van der Waals surface area (Å²) in [5.74, 6) is 2.66. The molecule has 1 amide bonds. The van der Waals surface area contributed by atoms with Crippen molar-refractivity contribution in [3.05, 3.63) is 48.0 Å².